The van der Waals surface area contributed by atoms with Crippen LogP contribution in [-0.4, -0.2) is 76.5 Å². The number of hydrogen-bond acceptors (Lipinski definition) is 7. The quantitative estimate of drug-likeness (QED) is 0.0645. The second-order valence-corrected chi connectivity index (χ2v) is 9.49. The van der Waals surface area contributed by atoms with Crippen molar-refractivity contribution in [3.63, 3.8) is 0 Å². The van der Waals surface area contributed by atoms with Crippen LogP contribution >= 0.6 is 0 Å². The molecule has 0 saturated heterocycles. The van der Waals surface area contributed by atoms with E-state index in [2.05, 4.69) is 20.9 Å². The van der Waals surface area contributed by atoms with E-state index in [0.29, 0.717) is 5.56 Å². The minimum Gasteiger partial charge on any atom is -0.481 e. The number of nitrogens with one attached hydrogen (secondary N) is 3. The van der Waals surface area contributed by atoms with E-state index in [-0.39, 0.29) is 44.1 Å². The molecule has 1 aromatic rings. The Morgan fingerprint density at radius 2 is 1.44 bits per heavy atom. The molecule has 1 rings (SSSR count). The maximum atomic E-state index is 13.2. The number of carboxylic acids is 2. The van der Waals surface area contributed by atoms with E-state index in [0.717, 1.165) is 0 Å². The van der Waals surface area contributed by atoms with E-state index in [1.54, 1.807) is 30.3 Å². The number of carbonyl (C=O) groups is 5. The van der Waals surface area contributed by atoms with Crippen molar-refractivity contribution in [1.29, 1.82) is 0 Å². The Morgan fingerprint density at radius 1 is 0.872 bits per heavy atom. The highest BCUT2D eigenvalue weighted by molar-refractivity contribution is 5.94. The summed E-state index contributed by atoms with van der Waals surface area (Å²) in [5.41, 5.74) is 17.0. The van der Waals surface area contributed by atoms with E-state index in [4.69, 9.17) is 22.3 Å². The fourth-order valence-electron chi connectivity index (χ4n) is 3.63. The first-order valence-electron chi connectivity index (χ1n) is 12.5. The van der Waals surface area contributed by atoms with E-state index in [1.807, 2.05) is 13.8 Å². The van der Waals surface area contributed by atoms with Crippen molar-refractivity contribution in [2.24, 2.45) is 28.1 Å². The number of nitrogens with two attached hydrogens (primary N) is 3. The number of hydrogen-bond donors (Lipinski definition) is 8. The van der Waals surface area contributed by atoms with Gasteiger partial charge in [-0.05, 0) is 30.7 Å². The van der Waals surface area contributed by atoms with Crippen molar-refractivity contribution < 1.29 is 34.2 Å². The van der Waals surface area contributed by atoms with Crippen LogP contribution in [-0.2, 0) is 30.4 Å². The molecule has 0 radical (unpaired) electrons. The maximum Gasteiger partial charge on any atom is 0.326 e. The molecule has 0 spiro atoms. The van der Waals surface area contributed by atoms with E-state index in [9.17, 15) is 29.1 Å². The van der Waals surface area contributed by atoms with Crippen molar-refractivity contribution in [2.45, 2.75) is 70.1 Å². The Bertz CT molecular complexity index is 1010. The van der Waals surface area contributed by atoms with Crippen LogP contribution in [0, 0.1) is 5.92 Å². The standard InChI is InChI=1S/C25H39N7O7/c1-14(2)11-18(31-21(35)16(26)13-20(33)34)23(37)30-17(9-6-10-29-25(27)28)22(36)32-19(24(38)39)12-15-7-4-3-5-8-15/h3-5,7-8,14,16-19H,6,9-13,26H2,1-2H3,(H,30,37)(H,31,35)(H,32,36)(H,33,34)(H,38,39)(H4,27,28,29). The van der Waals surface area contributed by atoms with Crippen LogP contribution < -0.4 is 33.2 Å². The van der Waals surface area contributed by atoms with Crippen LogP contribution in [0.5, 0.6) is 0 Å². The average Bonchev–Trinajstić information content (AvgIpc) is 2.84. The minimum absolute atomic E-state index is 0.0179. The predicted octanol–water partition coefficient (Wildman–Crippen LogP) is -1.33. The Kier molecular flexibility index (Phi) is 14.0. The second-order valence-electron chi connectivity index (χ2n) is 9.49. The number of aliphatic imine (C=N–C) groups is 1. The first kappa shape index (κ1) is 32.8. The van der Waals surface area contributed by atoms with Crippen molar-refractivity contribution in [3.05, 3.63) is 35.9 Å². The lowest BCUT2D eigenvalue weighted by atomic mass is 10.0. The van der Waals surface area contributed by atoms with Gasteiger partial charge in [-0.2, -0.15) is 0 Å². The van der Waals surface area contributed by atoms with Crippen molar-refractivity contribution in [2.75, 3.05) is 6.54 Å². The van der Waals surface area contributed by atoms with Gasteiger partial charge in [-0.25, -0.2) is 4.79 Å². The van der Waals surface area contributed by atoms with Gasteiger partial charge < -0.3 is 43.4 Å². The zero-order chi connectivity index (χ0) is 29.5. The number of benzene rings is 1. The zero-order valence-corrected chi connectivity index (χ0v) is 22.1. The van der Waals surface area contributed by atoms with Crippen molar-refractivity contribution in [3.8, 4) is 0 Å². The average molecular weight is 550 g/mol. The van der Waals surface area contributed by atoms with Crippen LogP contribution in [0.1, 0.15) is 45.1 Å². The number of carboxylic acid groups (broad SMARTS) is 2. The molecule has 0 fully saturated rings. The molecule has 14 heteroatoms. The summed E-state index contributed by atoms with van der Waals surface area (Å²) in [5.74, 6) is -5.02. The molecule has 3 amide bonds. The summed E-state index contributed by atoms with van der Waals surface area (Å²) in [4.78, 5) is 65.4. The SMILES string of the molecule is CC(C)CC(NC(=O)C(N)CC(=O)O)C(=O)NC(CCCN=C(N)N)C(=O)NC(Cc1ccccc1)C(=O)O. The van der Waals surface area contributed by atoms with Crippen LogP contribution in [0.3, 0.4) is 0 Å². The molecule has 4 atom stereocenters. The molecule has 0 heterocycles. The van der Waals surface area contributed by atoms with Crippen LogP contribution in [0.4, 0.5) is 0 Å². The number of amides is 3. The Balaban J connectivity index is 3.08. The molecule has 0 aliphatic rings. The van der Waals surface area contributed by atoms with Crippen molar-refractivity contribution in [1.82, 2.24) is 16.0 Å². The lowest BCUT2D eigenvalue weighted by Crippen LogP contribution is -2.57. The summed E-state index contributed by atoms with van der Waals surface area (Å²) in [6.07, 6.45) is -0.102. The summed E-state index contributed by atoms with van der Waals surface area (Å²) in [7, 11) is 0. The minimum atomic E-state index is -1.38. The first-order valence-corrected chi connectivity index (χ1v) is 12.5. The second kappa shape index (κ2) is 16.6. The predicted molar refractivity (Wildman–Crippen MR) is 143 cm³/mol. The highest BCUT2D eigenvalue weighted by Crippen LogP contribution is 2.09. The lowest BCUT2D eigenvalue weighted by molar-refractivity contribution is -0.142. The fourth-order valence-corrected chi connectivity index (χ4v) is 3.63. The smallest absolute Gasteiger partial charge is 0.326 e. The molecular formula is C25H39N7O7. The van der Waals surface area contributed by atoms with Gasteiger partial charge >= 0.3 is 11.9 Å². The van der Waals surface area contributed by atoms with Gasteiger partial charge in [0.15, 0.2) is 5.96 Å². The summed E-state index contributed by atoms with van der Waals surface area (Å²) in [6.45, 7) is 3.78. The number of guanidine groups is 1. The van der Waals surface area contributed by atoms with Gasteiger partial charge in [0.05, 0.1) is 12.5 Å². The summed E-state index contributed by atoms with van der Waals surface area (Å²) >= 11 is 0. The van der Waals surface area contributed by atoms with Gasteiger partial charge in [-0.3, -0.25) is 24.2 Å². The summed E-state index contributed by atoms with van der Waals surface area (Å²) in [6, 6.07) is 3.78. The molecule has 11 N–H and O–H groups in total. The Hall–Kier alpha value is -4.20. The topological polar surface area (TPSA) is 252 Å². The Labute approximate surface area is 226 Å². The normalized spacial score (nSPS) is 13.8. The summed E-state index contributed by atoms with van der Waals surface area (Å²) < 4.78 is 0. The fraction of sp³-hybridized carbons (Fsp3) is 0.520. The van der Waals surface area contributed by atoms with Crippen molar-refractivity contribution >= 4 is 35.6 Å². The lowest BCUT2D eigenvalue weighted by Gasteiger charge is -2.26. The third-order valence-electron chi connectivity index (χ3n) is 5.55. The van der Waals surface area contributed by atoms with Gasteiger partial charge in [-0.15, -0.1) is 0 Å². The summed E-state index contributed by atoms with van der Waals surface area (Å²) in [5, 5.41) is 26.1. The third kappa shape index (κ3) is 13.2. The molecule has 39 heavy (non-hydrogen) atoms. The Morgan fingerprint density at radius 3 is 1.97 bits per heavy atom. The number of aliphatic carboxylic acids is 2. The third-order valence-corrected chi connectivity index (χ3v) is 5.55. The highest BCUT2D eigenvalue weighted by atomic mass is 16.4. The van der Waals surface area contributed by atoms with Crippen LogP contribution in [0.15, 0.2) is 35.3 Å². The molecule has 1 aromatic carbocycles. The van der Waals surface area contributed by atoms with E-state index < -0.39 is 60.2 Å². The first-order chi connectivity index (χ1) is 18.3. The molecular weight excluding hydrogens is 510 g/mol. The van der Waals surface area contributed by atoms with Crippen LogP contribution in [0.2, 0.25) is 0 Å². The number of nitrogens with zero attached hydrogens (tertiary/aromatic N) is 1. The molecule has 0 aliphatic heterocycles. The molecule has 0 aliphatic carbocycles. The molecule has 0 saturated carbocycles. The van der Waals surface area contributed by atoms with Gasteiger partial charge in [0.2, 0.25) is 17.7 Å². The molecule has 216 valence electrons. The maximum absolute atomic E-state index is 13.2. The van der Waals surface area contributed by atoms with Gasteiger partial charge in [-0.1, -0.05) is 44.2 Å². The monoisotopic (exact) mass is 549 g/mol. The molecule has 14 nitrogen and oxygen atoms in total. The molecule has 0 bridgehead atoms. The molecule has 4 unspecified atom stereocenters. The van der Waals surface area contributed by atoms with E-state index in [1.165, 1.54) is 0 Å². The van der Waals surface area contributed by atoms with Gasteiger partial charge in [0.25, 0.3) is 0 Å². The number of rotatable bonds is 17. The van der Waals surface area contributed by atoms with Gasteiger partial charge in [0, 0.05) is 13.0 Å². The molecule has 0 aromatic heterocycles. The zero-order valence-electron chi connectivity index (χ0n) is 22.1. The highest BCUT2D eigenvalue weighted by Gasteiger charge is 2.31. The number of carbonyl (C=O) groups excluding carboxylic acids is 3. The van der Waals surface area contributed by atoms with E-state index >= 15 is 0 Å². The largest absolute Gasteiger partial charge is 0.481 e. The van der Waals surface area contributed by atoms with Gasteiger partial charge in [0.1, 0.15) is 18.1 Å². The van der Waals surface area contributed by atoms with Crippen LogP contribution in [0.25, 0.3) is 0 Å².